The molecule has 2 rings (SSSR count). The average Bonchev–Trinajstić information content (AvgIpc) is 3.28. The molecule has 0 amide bonds. The number of hydrogen-bond acceptors (Lipinski definition) is 4. The van der Waals surface area contributed by atoms with Crippen LogP contribution < -0.4 is 10.6 Å². The zero-order valence-electron chi connectivity index (χ0n) is 43.1. The van der Waals surface area contributed by atoms with Crippen LogP contribution in [-0.2, 0) is 70.4 Å². The van der Waals surface area contributed by atoms with Crippen LogP contribution in [0.5, 0.6) is 0 Å². The van der Waals surface area contributed by atoms with Crippen molar-refractivity contribution in [2.24, 2.45) is 0 Å². The van der Waals surface area contributed by atoms with Gasteiger partial charge in [0.2, 0.25) is 0 Å². The minimum Gasteiger partial charge on any atom is -0.411 e. The molecule has 7 heteroatoms. The number of rotatable bonds is 42. The number of aryl methyl sites for hydroxylation is 2. The fourth-order valence-electron chi connectivity index (χ4n) is 9.26. The van der Waals surface area contributed by atoms with Crippen LogP contribution >= 0.6 is 24.4 Å². The van der Waals surface area contributed by atoms with Crippen molar-refractivity contribution in [1.82, 2.24) is 0 Å². The molecular weight excluding hydrogens is 918 g/mol. The third kappa shape index (κ3) is 37.8. The topological polar surface area (TPSA) is 24.1 Å². The summed E-state index contributed by atoms with van der Waals surface area (Å²) in [5.74, 6) is 0. The Morgan fingerprint density at radius 2 is 0.554 bits per heavy atom. The normalized spacial score (nSPS) is 10.9. The molecule has 0 aliphatic heterocycles. The van der Waals surface area contributed by atoms with Gasteiger partial charge in [-0.3, -0.25) is 0 Å². The third-order valence-electron chi connectivity index (χ3n) is 13.2. The maximum absolute atomic E-state index is 5.17. The standard InChI is InChI=1S/2C29H51NS2.Zn/c2*1-3-5-7-9-11-13-15-17-19-22-26-23-21-25-28(30-29(31)32)27(26)24-20-18-16-14-12-10-8-6-4-2;/h2*21,23,25H,3-20,22,24H2,1-2H3,(H2,30,31,32);/q;;+2/p-2. The van der Waals surface area contributed by atoms with Crippen LogP contribution in [0.4, 0.5) is 11.4 Å². The van der Waals surface area contributed by atoms with Crippen molar-refractivity contribution in [2.75, 3.05) is 10.6 Å². The number of thiocarbonyl (C=S) groups is 2. The van der Waals surface area contributed by atoms with Gasteiger partial charge in [0.15, 0.2) is 0 Å². The van der Waals surface area contributed by atoms with Gasteiger partial charge in [0.25, 0.3) is 0 Å². The van der Waals surface area contributed by atoms with E-state index >= 15 is 0 Å². The van der Waals surface area contributed by atoms with Crippen LogP contribution in [-0.4, -0.2) is 8.64 Å². The first-order valence-electron chi connectivity index (χ1n) is 27.5. The van der Waals surface area contributed by atoms with E-state index in [-0.39, 0.29) is 19.5 Å². The second-order valence-corrected chi connectivity index (χ2v) is 21.2. The Balaban J connectivity index is 0.00000124. The molecule has 0 heterocycles. The van der Waals surface area contributed by atoms with Crippen molar-refractivity contribution in [2.45, 2.75) is 285 Å². The van der Waals surface area contributed by atoms with E-state index in [0.717, 1.165) is 24.2 Å². The summed E-state index contributed by atoms with van der Waals surface area (Å²) in [5.41, 5.74) is 8.23. The molecule has 0 atom stereocenters. The molecule has 368 valence electrons. The fourth-order valence-corrected chi connectivity index (χ4v) is 9.70. The van der Waals surface area contributed by atoms with E-state index in [1.807, 2.05) is 0 Å². The van der Waals surface area contributed by atoms with Gasteiger partial charge in [0, 0.05) is 11.4 Å². The van der Waals surface area contributed by atoms with Crippen molar-refractivity contribution in [3.8, 4) is 0 Å². The smallest absolute Gasteiger partial charge is 0.411 e. The van der Waals surface area contributed by atoms with Gasteiger partial charge in [0.05, 0.1) is 0 Å². The Morgan fingerprint density at radius 3 is 0.785 bits per heavy atom. The van der Waals surface area contributed by atoms with Crippen molar-refractivity contribution < 1.29 is 19.5 Å². The van der Waals surface area contributed by atoms with Gasteiger partial charge in [-0.1, -0.05) is 266 Å². The number of nitrogens with one attached hydrogen (secondary N) is 2. The first-order valence-corrected chi connectivity index (χ1v) is 29.2. The van der Waals surface area contributed by atoms with E-state index in [0.29, 0.717) is 8.64 Å². The molecule has 0 spiro atoms. The maximum atomic E-state index is 5.17. The number of benzene rings is 2. The molecule has 2 N–H and O–H groups in total. The maximum Gasteiger partial charge on any atom is 2.00 e. The van der Waals surface area contributed by atoms with E-state index in [9.17, 15) is 0 Å². The SMILES string of the molecule is CCCCCCCCCCCc1cccc(NC(=S)[S-])c1CCCCCCCCCCC.CCCCCCCCCCCc1cccc(NC(=S)[S-])c1CCCCCCCCCCC.[Zn+2]. The largest absolute Gasteiger partial charge is 2.00 e. The molecule has 0 aliphatic carbocycles. The summed E-state index contributed by atoms with van der Waals surface area (Å²) in [6.45, 7) is 9.15. The zero-order valence-corrected chi connectivity index (χ0v) is 49.3. The molecule has 0 saturated heterocycles. The zero-order chi connectivity index (χ0) is 46.6. The third-order valence-corrected chi connectivity index (χ3v) is 13.6. The molecule has 0 saturated carbocycles. The summed E-state index contributed by atoms with van der Waals surface area (Å²) in [6, 6.07) is 13.3. The van der Waals surface area contributed by atoms with E-state index in [1.165, 1.54) is 266 Å². The van der Waals surface area contributed by atoms with Crippen molar-refractivity contribution in [1.29, 1.82) is 0 Å². The molecule has 0 aromatic heterocycles. The van der Waals surface area contributed by atoms with Crippen LogP contribution in [0.2, 0.25) is 0 Å². The van der Waals surface area contributed by atoms with Crippen LogP contribution in [0.1, 0.15) is 281 Å². The summed E-state index contributed by atoms with van der Waals surface area (Å²) in [5, 5.41) is 6.55. The Hall–Kier alpha value is -0.717. The van der Waals surface area contributed by atoms with Crippen LogP contribution in [0, 0.1) is 0 Å². The van der Waals surface area contributed by atoms with Gasteiger partial charge in [-0.05, 0) is 85.8 Å². The molecule has 0 unspecified atom stereocenters. The predicted molar refractivity (Wildman–Crippen MR) is 304 cm³/mol. The van der Waals surface area contributed by atoms with Crippen molar-refractivity contribution in [3.63, 3.8) is 0 Å². The Bertz CT molecular complexity index is 1280. The summed E-state index contributed by atoms with van der Waals surface area (Å²) < 4.78 is 0.914. The molecule has 2 nitrogen and oxygen atoms in total. The van der Waals surface area contributed by atoms with Gasteiger partial charge in [-0.25, -0.2) is 0 Å². The van der Waals surface area contributed by atoms with Crippen molar-refractivity contribution >= 4 is 69.7 Å². The minimum absolute atomic E-state index is 0. The van der Waals surface area contributed by atoms with Gasteiger partial charge in [0.1, 0.15) is 0 Å². The van der Waals surface area contributed by atoms with E-state index in [1.54, 1.807) is 0 Å². The van der Waals surface area contributed by atoms with E-state index < -0.39 is 0 Å². The van der Waals surface area contributed by atoms with Gasteiger partial charge >= 0.3 is 19.5 Å². The monoisotopic (exact) mass is 1020 g/mol. The minimum atomic E-state index is 0. The van der Waals surface area contributed by atoms with Crippen LogP contribution in [0.25, 0.3) is 0 Å². The van der Waals surface area contributed by atoms with Crippen LogP contribution in [0.3, 0.4) is 0 Å². The molecule has 65 heavy (non-hydrogen) atoms. The molecule has 0 fully saturated rings. The van der Waals surface area contributed by atoms with Gasteiger partial charge < -0.3 is 60.3 Å². The fraction of sp³-hybridized carbons (Fsp3) is 0.759. The summed E-state index contributed by atoms with van der Waals surface area (Å²) in [7, 11) is 0. The van der Waals surface area contributed by atoms with E-state index in [4.69, 9.17) is 49.7 Å². The molecule has 0 bridgehead atoms. The molecule has 2 aromatic rings. The van der Waals surface area contributed by atoms with Gasteiger partial charge in [-0.15, -0.1) is 0 Å². The molecule has 0 aliphatic rings. The predicted octanol–water partition coefficient (Wildman–Crippen LogP) is 20.2. The van der Waals surface area contributed by atoms with Crippen LogP contribution in [0.15, 0.2) is 36.4 Å². The second-order valence-electron chi connectivity index (χ2n) is 19.0. The summed E-state index contributed by atoms with van der Waals surface area (Å²) in [6.07, 6.45) is 54.2. The molecule has 2 aromatic carbocycles. The second kappa shape index (κ2) is 48.3. The molecular formula is C58H100N2S4Zn. The van der Waals surface area contributed by atoms with E-state index in [2.05, 4.69) is 74.7 Å². The molecule has 0 radical (unpaired) electrons. The summed E-state index contributed by atoms with van der Waals surface area (Å²) >= 11 is 20.7. The van der Waals surface area contributed by atoms with Crippen molar-refractivity contribution in [3.05, 3.63) is 58.7 Å². The first-order chi connectivity index (χ1) is 31.4. The number of unbranched alkanes of at least 4 members (excludes halogenated alkanes) is 32. The first kappa shape index (κ1) is 64.3. The number of hydrogen-bond donors (Lipinski definition) is 2. The Morgan fingerprint density at radius 1 is 0.338 bits per heavy atom. The Labute approximate surface area is 439 Å². The number of anilines is 2. The summed E-state index contributed by atoms with van der Waals surface area (Å²) in [4.78, 5) is 0. The van der Waals surface area contributed by atoms with Gasteiger partial charge in [-0.2, -0.15) is 0 Å². The Kier molecular flexibility index (Phi) is 47.8. The quantitative estimate of drug-likeness (QED) is 0.0298. The average molecular weight is 1020 g/mol.